The molecular formula is C28H42O8. The van der Waals surface area contributed by atoms with Gasteiger partial charge >= 0.3 is 11.9 Å². The molecule has 0 radical (unpaired) electrons. The molecule has 0 aromatic heterocycles. The summed E-state index contributed by atoms with van der Waals surface area (Å²) in [5, 5.41) is 19.8. The van der Waals surface area contributed by atoms with Crippen molar-refractivity contribution in [2.75, 3.05) is 13.2 Å². The highest BCUT2D eigenvalue weighted by Gasteiger charge is 2.93. The summed E-state index contributed by atoms with van der Waals surface area (Å²) in [6.07, 6.45) is 0.487. The van der Waals surface area contributed by atoms with Gasteiger partial charge in [0.05, 0.1) is 36.3 Å². The molecule has 0 aromatic rings. The van der Waals surface area contributed by atoms with Gasteiger partial charge in [0.2, 0.25) is 0 Å². The molecule has 36 heavy (non-hydrogen) atoms. The van der Waals surface area contributed by atoms with Crippen molar-refractivity contribution in [3.05, 3.63) is 0 Å². The van der Waals surface area contributed by atoms with Crippen LogP contribution < -0.4 is 0 Å². The highest BCUT2D eigenvalue weighted by molar-refractivity contribution is 5.77. The van der Waals surface area contributed by atoms with Crippen LogP contribution >= 0.6 is 0 Å². The van der Waals surface area contributed by atoms with Gasteiger partial charge in [-0.2, -0.15) is 0 Å². The number of carboxylic acids is 2. The maximum atomic E-state index is 12.1. The monoisotopic (exact) mass is 506 g/mol. The Labute approximate surface area is 213 Å². The van der Waals surface area contributed by atoms with E-state index in [1.165, 1.54) is 0 Å². The third-order valence-electron chi connectivity index (χ3n) is 13.5. The second kappa shape index (κ2) is 6.85. The lowest BCUT2D eigenvalue weighted by molar-refractivity contribution is -0.162. The zero-order valence-corrected chi connectivity index (χ0v) is 22.8. The number of aliphatic carboxylic acids is 2. The number of ether oxygens (including phenoxy) is 4. The van der Waals surface area contributed by atoms with Crippen molar-refractivity contribution >= 4 is 11.9 Å². The van der Waals surface area contributed by atoms with Gasteiger partial charge < -0.3 is 29.2 Å². The zero-order valence-electron chi connectivity index (χ0n) is 22.8. The minimum atomic E-state index is -0.736. The van der Waals surface area contributed by atoms with Crippen molar-refractivity contribution in [2.24, 2.45) is 45.3 Å². The standard InChI is InChI=1S/C28H42O8/c1-9-23(3)15(21(29)30)19-25(23,5)27(19,7)35-13-11-33-18-14(12-34-17(13)18)36-28(8)20-16(22(31)32)24(4,10-2)26(20,28)6/h13-20H,9-12H2,1-8H3,(H,29,30)(H,31,32)/t13-,14+,15?,16?,17-,18-,19?,20?,23?,24?,25?,26?,27?,28?/m1/s1. The average Bonchev–Trinajstić information content (AvgIpc) is 3.21. The largest absolute Gasteiger partial charge is 0.481 e. The van der Waals surface area contributed by atoms with E-state index in [1.807, 2.05) is 0 Å². The minimum absolute atomic E-state index is 0.0134. The lowest BCUT2D eigenvalue weighted by Gasteiger charge is -2.49. The molecule has 0 bridgehead atoms. The Bertz CT molecular complexity index is 951. The Hall–Kier alpha value is -1.22. The Morgan fingerprint density at radius 1 is 0.722 bits per heavy atom. The summed E-state index contributed by atoms with van der Waals surface area (Å²) in [4.78, 5) is 24.2. The van der Waals surface area contributed by atoms with Gasteiger partial charge in [0, 0.05) is 22.7 Å². The quantitative estimate of drug-likeness (QED) is 0.514. The van der Waals surface area contributed by atoms with Crippen molar-refractivity contribution in [3.8, 4) is 0 Å². The molecule has 2 aliphatic heterocycles. The number of carbonyl (C=O) groups is 2. The van der Waals surface area contributed by atoms with Crippen LogP contribution in [0.15, 0.2) is 0 Å². The minimum Gasteiger partial charge on any atom is -0.481 e. The van der Waals surface area contributed by atoms with Gasteiger partial charge in [-0.3, -0.25) is 9.59 Å². The molecule has 4 aliphatic carbocycles. The molecule has 8 nitrogen and oxygen atoms in total. The molecule has 0 spiro atoms. The molecule has 2 N–H and O–H groups in total. The first-order valence-corrected chi connectivity index (χ1v) is 13.7. The van der Waals surface area contributed by atoms with E-state index in [0.717, 1.165) is 12.8 Å². The second-order valence-corrected chi connectivity index (χ2v) is 13.7. The Balaban J connectivity index is 1.16. The molecule has 6 aliphatic rings. The highest BCUT2D eigenvalue weighted by Crippen LogP contribution is 2.88. The Kier molecular flexibility index (Phi) is 4.77. The SMILES string of the molecule is CCC1(C)C(C(=O)O)C2C(C)(O[C@H]3CO[C@H]4[C@@H]3OC[C@H]4OC3(C)C4C(C(=O)O)C(C)(CC)C43C)C21C. The molecule has 4 saturated carbocycles. The van der Waals surface area contributed by atoms with Gasteiger partial charge in [-0.15, -0.1) is 0 Å². The van der Waals surface area contributed by atoms with Crippen LogP contribution in [0.5, 0.6) is 0 Å². The smallest absolute Gasteiger partial charge is 0.307 e. The summed E-state index contributed by atoms with van der Waals surface area (Å²) >= 11 is 0. The van der Waals surface area contributed by atoms with Crippen LogP contribution in [0.1, 0.15) is 68.2 Å². The zero-order chi connectivity index (χ0) is 26.4. The predicted octanol–water partition coefficient (Wildman–Crippen LogP) is 3.61. The molecule has 8 heteroatoms. The first-order chi connectivity index (χ1) is 16.7. The third-order valence-corrected chi connectivity index (χ3v) is 13.5. The lowest BCUT2D eigenvalue weighted by Crippen LogP contribution is -2.51. The van der Waals surface area contributed by atoms with Crippen LogP contribution in [0.2, 0.25) is 0 Å². The highest BCUT2D eigenvalue weighted by atomic mass is 16.7. The molecule has 0 amide bonds. The van der Waals surface area contributed by atoms with Crippen molar-refractivity contribution < 1.29 is 38.7 Å². The second-order valence-electron chi connectivity index (χ2n) is 13.7. The molecule has 2 heterocycles. The summed E-state index contributed by atoms with van der Waals surface area (Å²) in [7, 11) is 0. The molecule has 10 unspecified atom stereocenters. The van der Waals surface area contributed by atoms with Gasteiger partial charge in [-0.1, -0.05) is 41.5 Å². The van der Waals surface area contributed by atoms with Gasteiger partial charge in [-0.25, -0.2) is 0 Å². The molecular weight excluding hydrogens is 464 g/mol. The third kappa shape index (κ3) is 2.27. The first-order valence-electron chi connectivity index (χ1n) is 13.7. The molecule has 6 fully saturated rings. The predicted molar refractivity (Wildman–Crippen MR) is 128 cm³/mol. The topological polar surface area (TPSA) is 112 Å². The number of carboxylic acid groups (broad SMARTS) is 2. The van der Waals surface area contributed by atoms with E-state index < -0.39 is 35.0 Å². The Morgan fingerprint density at radius 2 is 1.06 bits per heavy atom. The summed E-state index contributed by atoms with van der Waals surface area (Å²) in [6, 6.07) is 0. The van der Waals surface area contributed by atoms with Crippen molar-refractivity contribution in [2.45, 2.75) is 104 Å². The number of hydrogen-bond acceptors (Lipinski definition) is 6. The van der Waals surface area contributed by atoms with E-state index >= 15 is 0 Å². The van der Waals surface area contributed by atoms with E-state index in [1.54, 1.807) is 0 Å². The molecule has 2 saturated heterocycles. The first kappa shape index (κ1) is 25.1. The molecule has 6 rings (SSSR count). The van der Waals surface area contributed by atoms with Crippen LogP contribution in [0.4, 0.5) is 0 Å². The lowest BCUT2D eigenvalue weighted by atomic mass is 9.53. The maximum Gasteiger partial charge on any atom is 0.307 e. The average molecular weight is 507 g/mol. The maximum absolute atomic E-state index is 12.1. The van der Waals surface area contributed by atoms with Gasteiger partial charge in [0.25, 0.3) is 0 Å². The van der Waals surface area contributed by atoms with E-state index in [-0.39, 0.29) is 57.9 Å². The molecule has 202 valence electrons. The van der Waals surface area contributed by atoms with Crippen LogP contribution in [0.25, 0.3) is 0 Å². The fraction of sp³-hybridized carbons (Fsp3) is 0.929. The normalized spacial score (nSPS) is 61.9. The summed E-state index contributed by atoms with van der Waals surface area (Å²) in [6.45, 7) is 17.5. The number of fused-ring (bicyclic) bond motifs is 3. The van der Waals surface area contributed by atoms with E-state index in [0.29, 0.717) is 13.2 Å². The summed E-state index contributed by atoms with van der Waals surface area (Å²) in [5.41, 5.74) is -2.04. The number of rotatable bonds is 8. The van der Waals surface area contributed by atoms with Crippen molar-refractivity contribution in [3.63, 3.8) is 0 Å². The molecule has 14 atom stereocenters. The van der Waals surface area contributed by atoms with E-state index in [2.05, 4.69) is 55.4 Å². The van der Waals surface area contributed by atoms with Crippen molar-refractivity contribution in [1.29, 1.82) is 0 Å². The van der Waals surface area contributed by atoms with Crippen LogP contribution in [0, 0.1) is 45.3 Å². The van der Waals surface area contributed by atoms with E-state index in [4.69, 9.17) is 18.9 Å². The summed E-state index contributed by atoms with van der Waals surface area (Å²) < 4.78 is 25.8. The summed E-state index contributed by atoms with van der Waals surface area (Å²) in [5.74, 6) is -2.31. The van der Waals surface area contributed by atoms with Crippen LogP contribution in [-0.4, -0.2) is 71.0 Å². The van der Waals surface area contributed by atoms with Gasteiger partial charge in [0.1, 0.15) is 24.4 Å². The van der Waals surface area contributed by atoms with Crippen LogP contribution in [0.3, 0.4) is 0 Å². The molecule has 0 aromatic carbocycles. The van der Waals surface area contributed by atoms with Crippen LogP contribution in [-0.2, 0) is 28.5 Å². The fourth-order valence-corrected chi connectivity index (χ4v) is 10.6. The fourth-order valence-electron chi connectivity index (χ4n) is 10.6. The van der Waals surface area contributed by atoms with Crippen molar-refractivity contribution in [1.82, 2.24) is 0 Å². The van der Waals surface area contributed by atoms with Gasteiger partial charge in [0.15, 0.2) is 0 Å². The van der Waals surface area contributed by atoms with E-state index in [9.17, 15) is 19.8 Å². The van der Waals surface area contributed by atoms with Gasteiger partial charge in [-0.05, 0) is 37.5 Å². The number of hydrogen-bond donors (Lipinski definition) is 2. The Morgan fingerprint density at radius 3 is 1.31 bits per heavy atom.